The predicted octanol–water partition coefficient (Wildman–Crippen LogP) is 2.05. The van der Waals surface area contributed by atoms with Crippen molar-refractivity contribution in [3.8, 4) is 0 Å². The van der Waals surface area contributed by atoms with Gasteiger partial charge in [-0.05, 0) is 39.7 Å². The number of nitrogens with one attached hydrogen (secondary N) is 1. The average Bonchev–Trinajstić information content (AvgIpc) is 2.40. The molecule has 2 N–H and O–H groups in total. The van der Waals surface area contributed by atoms with E-state index in [0.29, 0.717) is 26.2 Å². The van der Waals surface area contributed by atoms with Crippen LogP contribution >= 0.6 is 0 Å². The standard InChI is InChI=1S/C14H29NO4/c1-4-5-9-18-11-12-19-10-7-6-8-14(2,15-3)13(16)17/h15H,4-12H2,1-3H3,(H,16,17). The quantitative estimate of drug-likeness (QED) is 0.504. The fourth-order valence-corrected chi connectivity index (χ4v) is 1.59. The van der Waals surface area contributed by atoms with E-state index in [-0.39, 0.29) is 0 Å². The van der Waals surface area contributed by atoms with Gasteiger partial charge in [0.25, 0.3) is 0 Å². The first-order chi connectivity index (χ1) is 9.06. The van der Waals surface area contributed by atoms with Crippen molar-refractivity contribution in [2.75, 3.05) is 33.5 Å². The van der Waals surface area contributed by atoms with E-state index in [2.05, 4.69) is 12.2 Å². The molecule has 114 valence electrons. The zero-order chi connectivity index (χ0) is 14.6. The minimum Gasteiger partial charge on any atom is -0.480 e. The molecule has 0 aliphatic rings. The number of hydrogen-bond acceptors (Lipinski definition) is 4. The van der Waals surface area contributed by atoms with Crippen LogP contribution in [0.15, 0.2) is 0 Å². The van der Waals surface area contributed by atoms with Crippen LogP contribution in [0.5, 0.6) is 0 Å². The summed E-state index contributed by atoms with van der Waals surface area (Å²) in [7, 11) is 1.68. The van der Waals surface area contributed by atoms with E-state index in [1.54, 1.807) is 14.0 Å². The highest BCUT2D eigenvalue weighted by Crippen LogP contribution is 2.13. The highest BCUT2D eigenvalue weighted by molar-refractivity contribution is 5.78. The van der Waals surface area contributed by atoms with Gasteiger partial charge in [0.1, 0.15) is 5.54 Å². The van der Waals surface area contributed by atoms with Gasteiger partial charge in [-0.3, -0.25) is 4.79 Å². The van der Waals surface area contributed by atoms with Crippen molar-refractivity contribution in [3.05, 3.63) is 0 Å². The van der Waals surface area contributed by atoms with E-state index in [1.165, 1.54) is 0 Å². The molecule has 5 nitrogen and oxygen atoms in total. The maximum absolute atomic E-state index is 11.0. The molecule has 0 rings (SSSR count). The number of likely N-dealkylation sites (N-methyl/N-ethyl adjacent to an activating group) is 1. The molecule has 0 bridgehead atoms. The summed E-state index contributed by atoms with van der Waals surface area (Å²) in [6.07, 6.45) is 4.56. The van der Waals surface area contributed by atoms with E-state index in [4.69, 9.17) is 14.6 Å². The average molecular weight is 275 g/mol. The van der Waals surface area contributed by atoms with Gasteiger partial charge in [0.15, 0.2) is 0 Å². The minimum absolute atomic E-state index is 0.606. The van der Waals surface area contributed by atoms with Gasteiger partial charge >= 0.3 is 5.97 Å². The van der Waals surface area contributed by atoms with Crippen LogP contribution in [0.1, 0.15) is 46.0 Å². The van der Waals surface area contributed by atoms with Crippen LogP contribution in [-0.2, 0) is 14.3 Å². The lowest BCUT2D eigenvalue weighted by molar-refractivity contribution is -0.144. The van der Waals surface area contributed by atoms with Gasteiger partial charge in [0.2, 0.25) is 0 Å². The summed E-state index contributed by atoms with van der Waals surface area (Å²) >= 11 is 0. The molecular formula is C14H29NO4. The zero-order valence-corrected chi connectivity index (χ0v) is 12.5. The van der Waals surface area contributed by atoms with Crippen LogP contribution in [0.3, 0.4) is 0 Å². The van der Waals surface area contributed by atoms with E-state index in [0.717, 1.165) is 32.3 Å². The van der Waals surface area contributed by atoms with Crippen LogP contribution in [-0.4, -0.2) is 50.1 Å². The van der Waals surface area contributed by atoms with Crippen LogP contribution in [0.25, 0.3) is 0 Å². The molecular weight excluding hydrogens is 246 g/mol. The van der Waals surface area contributed by atoms with Gasteiger partial charge in [0.05, 0.1) is 13.2 Å². The molecule has 1 atom stereocenters. The van der Waals surface area contributed by atoms with Crippen LogP contribution < -0.4 is 5.32 Å². The third-order valence-corrected chi connectivity index (χ3v) is 3.25. The number of unbranched alkanes of at least 4 members (excludes halogenated alkanes) is 2. The lowest BCUT2D eigenvalue weighted by Crippen LogP contribution is -2.47. The van der Waals surface area contributed by atoms with Gasteiger partial charge in [-0.25, -0.2) is 0 Å². The van der Waals surface area contributed by atoms with Crippen molar-refractivity contribution in [3.63, 3.8) is 0 Å². The summed E-state index contributed by atoms with van der Waals surface area (Å²) in [4.78, 5) is 11.0. The van der Waals surface area contributed by atoms with Crippen LogP contribution in [0, 0.1) is 0 Å². The molecule has 0 aromatic heterocycles. The summed E-state index contributed by atoms with van der Waals surface area (Å²) < 4.78 is 10.8. The molecule has 0 heterocycles. The summed E-state index contributed by atoms with van der Waals surface area (Å²) in [5, 5.41) is 11.9. The molecule has 0 saturated carbocycles. The third-order valence-electron chi connectivity index (χ3n) is 3.25. The molecule has 0 aromatic carbocycles. The third kappa shape index (κ3) is 8.97. The monoisotopic (exact) mass is 275 g/mol. The molecule has 5 heteroatoms. The van der Waals surface area contributed by atoms with Crippen LogP contribution in [0.2, 0.25) is 0 Å². The van der Waals surface area contributed by atoms with Crippen molar-refractivity contribution in [1.82, 2.24) is 5.32 Å². The number of carboxylic acid groups (broad SMARTS) is 1. The Kier molecular flexibility index (Phi) is 10.8. The van der Waals surface area contributed by atoms with Crippen molar-refractivity contribution in [2.24, 2.45) is 0 Å². The SMILES string of the molecule is CCCCOCCOCCCCC(C)(NC)C(=O)O. The first-order valence-electron chi connectivity index (χ1n) is 7.14. The van der Waals surface area contributed by atoms with Crippen LogP contribution in [0.4, 0.5) is 0 Å². The van der Waals surface area contributed by atoms with Crippen molar-refractivity contribution in [2.45, 2.75) is 51.5 Å². The first kappa shape index (κ1) is 18.4. The smallest absolute Gasteiger partial charge is 0.323 e. The van der Waals surface area contributed by atoms with Crippen molar-refractivity contribution >= 4 is 5.97 Å². The topological polar surface area (TPSA) is 67.8 Å². The van der Waals surface area contributed by atoms with E-state index >= 15 is 0 Å². The van der Waals surface area contributed by atoms with Crippen molar-refractivity contribution in [1.29, 1.82) is 0 Å². The van der Waals surface area contributed by atoms with E-state index < -0.39 is 11.5 Å². The Morgan fingerprint density at radius 1 is 1.11 bits per heavy atom. The molecule has 0 aliphatic carbocycles. The molecule has 0 radical (unpaired) electrons. The van der Waals surface area contributed by atoms with E-state index in [9.17, 15) is 4.79 Å². The zero-order valence-electron chi connectivity index (χ0n) is 12.5. The second-order valence-corrected chi connectivity index (χ2v) is 4.92. The number of rotatable bonds is 13. The molecule has 0 saturated heterocycles. The molecule has 0 aromatic rings. The van der Waals surface area contributed by atoms with Gasteiger partial charge in [-0.15, -0.1) is 0 Å². The Hall–Kier alpha value is -0.650. The highest BCUT2D eigenvalue weighted by atomic mass is 16.5. The lowest BCUT2D eigenvalue weighted by Gasteiger charge is -2.23. The summed E-state index contributed by atoms with van der Waals surface area (Å²) in [6, 6.07) is 0. The number of carbonyl (C=O) groups is 1. The number of hydrogen-bond donors (Lipinski definition) is 2. The Morgan fingerprint density at radius 3 is 2.16 bits per heavy atom. The lowest BCUT2D eigenvalue weighted by atomic mass is 9.95. The molecule has 1 unspecified atom stereocenters. The highest BCUT2D eigenvalue weighted by Gasteiger charge is 2.29. The van der Waals surface area contributed by atoms with Gasteiger partial charge in [-0.2, -0.15) is 0 Å². The fraction of sp³-hybridized carbons (Fsp3) is 0.929. The Morgan fingerprint density at radius 2 is 1.68 bits per heavy atom. The summed E-state index contributed by atoms with van der Waals surface area (Å²) in [6.45, 7) is 6.57. The number of aliphatic carboxylic acids is 1. The summed E-state index contributed by atoms with van der Waals surface area (Å²) in [5.41, 5.74) is -0.830. The normalized spacial score (nSPS) is 14.3. The Bertz CT molecular complexity index is 235. The van der Waals surface area contributed by atoms with E-state index in [1.807, 2.05) is 0 Å². The van der Waals surface area contributed by atoms with Crippen molar-refractivity contribution < 1.29 is 19.4 Å². The maximum Gasteiger partial charge on any atom is 0.323 e. The van der Waals surface area contributed by atoms with Gasteiger partial charge in [-0.1, -0.05) is 13.3 Å². The fourth-order valence-electron chi connectivity index (χ4n) is 1.59. The molecule has 0 spiro atoms. The molecule has 0 aliphatic heterocycles. The Balaban J connectivity index is 3.38. The second-order valence-electron chi connectivity index (χ2n) is 4.92. The molecule has 19 heavy (non-hydrogen) atoms. The predicted molar refractivity (Wildman–Crippen MR) is 75.5 cm³/mol. The molecule has 0 amide bonds. The Labute approximate surface area is 116 Å². The first-order valence-corrected chi connectivity index (χ1v) is 7.14. The maximum atomic E-state index is 11.0. The molecule has 0 fully saturated rings. The van der Waals surface area contributed by atoms with Gasteiger partial charge in [0, 0.05) is 13.2 Å². The number of ether oxygens (including phenoxy) is 2. The van der Waals surface area contributed by atoms with Gasteiger partial charge < -0.3 is 19.9 Å². The second kappa shape index (κ2) is 11.2. The minimum atomic E-state index is -0.830. The summed E-state index contributed by atoms with van der Waals surface area (Å²) in [5.74, 6) is -0.805. The number of carboxylic acids is 1. The largest absolute Gasteiger partial charge is 0.480 e.